The van der Waals surface area contributed by atoms with E-state index in [-0.39, 0.29) is 11.7 Å². The third-order valence-electron chi connectivity index (χ3n) is 5.99. The molecule has 6 nitrogen and oxygen atoms in total. The van der Waals surface area contributed by atoms with Crippen molar-refractivity contribution in [2.24, 2.45) is 7.05 Å². The summed E-state index contributed by atoms with van der Waals surface area (Å²) in [6, 6.07) is 7.99. The number of carbonyl (C=O) groups is 1. The number of amides is 1. The summed E-state index contributed by atoms with van der Waals surface area (Å²) in [7, 11) is 7.01. The molecule has 0 unspecified atom stereocenters. The highest BCUT2D eigenvalue weighted by Gasteiger charge is 2.23. The molecule has 0 saturated carbocycles. The number of rotatable bonds is 4. The molecule has 1 aliphatic rings. The fourth-order valence-electron chi connectivity index (χ4n) is 4.16. The second kappa shape index (κ2) is 7.52. The Kier molecular flexibility index (Phi) is 5.02. The first-order valence-electron chi connectivity index (χ1n) is 10.1. The van der Waals surface area contributed by atoms with Crippen LogP contribution < -0.4 is 4.74 Å². The highest BCUT2D eigenvalue weighted by molar-refractivity contribution is 6.01. The minimum atomic E-state index is -0.129. The Morgan fingerprint density at radius 3 is 2.77 bits per heavy atom. The number of nitrogens with zero attached hydrogens (tertiary/aromatic N) is 3. The molecule has 0 atom stereocenters. The average molecular weight is 405 g/mol. The number of ether oxygens (including phenoxy) is 1. The number of phenolic OH excluding ortho intramolecular Hbond substituents is 1. The molecule has 1 heterocycles. The van der Waals surface area contributed by atoms with Crippen LogP contribution in [0.2, 0.25) is 0 Å². The number of aromatic nitrogens is 2. The van der Waals surface area contributed by atoms with Crippen molar-refractivity contribution in [2.45, 2.75) is 26.2 Å². The summed E-state index contributed by atoms with van der Waals surface area (Å²) in [5.41, 5.74) is 6.13. The van der Waals surface area contributed by atoms with E-state index in [2.05, 4.69) is 23.2 Å². The maximum Gasteiger partial charge on any atom is 0.253 e. The molecule has 0 radical (unpaired) electrons. The molecule has 0 saturated heterocycles. The van der Waals surface area contributed by atoms with Crippen LogP contribution in [0.5, 0.6) is 11.5 Å². The molecule has 0 aliphatic heterocycles. The van der Waals surface area contributed by atoms with Crippen molar-refractivity contribution in [1.29, 1.82) is 0 Å². The van der Waals surface area contributed by atoms with Gasteiger partial charge in [0.15, 0.2) is 0 Å². The second-order valence-corrected chi connectivity index (χ2v) is 7.99. The first-order valence-corrected chi connectivity index (χ1v) is 10.1. The fourth-order valence-corrected chi connectivity index (χ4v) is 4.16. The molecule has 0 bridgehead atoms. The zero-order chi connectivity index (χ0) is 21.6. The topological polar surface area (TPSA) is 67.6 Å². The first kappa shape index (κ1) is 20.0. The summed E-state index contributed by atoms with van der Waals surface area (Å²) >= 11 is 0. The number of allylic oxidation sites excluding steroid dienone is 2. The molecular formula is C24H27N3O3. The van der Waals surface area contributed by atoms with Crippen molar-refractivity contribution in [3.63, 3.8) is 0 Å². The number of methoxy groups -OCH3 is 1. The number of carbonyl (C=O) groups excluding carboxylic acids is 1. The van der Waals surface area contributed by atoms with Crippen LogP contribution in [0.1, 0.15) is 39.3 Å². The number of imidazole rings is 1. The molecule has 0 fully saturated rings. The lowest BCUT2D eigenvalue weighted by Crippen LogP contribution is -2.23. The quantitative estimate of drug-likeness (QED) is 0.716. The predicted octanol–water partition coefficient (Wildman–Crippen LogP) is 3.87. The molecule has 3 aromatic rings. The van der Waals surface area contributed by atoms with Crippen LogP contribution in [0.15, 0.2) is 30.3 Å². The molecule has 6 heteroatoms. The van der Waals surface area contributed by atoms with Gasteiger partial charge in [-0.15, -0.1) is 0 Å². The summed E-state index contributed by atoms with van der Waals surface area (Å²) in [5, 5.41) is 11.0. The van der Waals surface area contributed by atoms with Gasteiger partial charge in [0.05, 0.1) is 12.6 Å². The van der Waals surface area contributed by atoms with E-state index in [0.29, 0.717) is 23.1 Å². The van der Waals surface area contributed by atoms with Crippen molar-refractivity contribution in [3.8, 4) is 11.5 Å². The zero-order valence-corrected chi connectivity index (χ0v) is 18.1. The van der Waals surface area contributed by atoms with Crippen LogP contribution >= 0.6 is 0 Å². The van der Waals surface area contributed by atoms with Gasteiger partial charge in [0.1, 0.15) is 22.8 Å². The third-order valence-corrected chi connectivity index (χ3v) is 5.99. The van der Waals surface area contributed by atoms with E-state index in [4.69, 9.17) is 4.74 Å². The zero-order valence-electron chi connectivity index (χ0n) is 18.1. The summed E-state index contributed by atoms with van der Waals surface area (Å²) < 4.78 is 7.23. The van der Waals surface area contributed by atoms with E-state index in [0.717, 1.165) is 29.9 Å². The van der Waals surface area contributed by atoms with Crippen molar-refractivity contribution >= 4 is 22.5 Å². The molecule has 2 aromatic carbocycles. The van der Waals surface area contributed by atoms with E-state index in [9.17, 15) is 9.90 Å². The van der Waals surface area contributed by atoms with Crippen molar-refractivity contribution < 1.29 is 14.6 Å². The van der Waals surface area contributed by atoms with Gasteiger partial charge >= 0.3 is 0 Å². The van der Waals surface area contributed by atoms with Crippen LogP contribution in [0.25, 0.3) is 16.6 Å². The van der Waals surface area contributed by atoms with Crippen LogP contribution in [0.3, 0.4) is 0 Å². The van der Waals surface area contributed by atoms with Crippen molar-refractivity contribution in [2.75, 3.05) is 21.2 Å². The smallest absolute Gasteiger partial charge is 0.253 e. The number of hydrogen-bond donors (Lipinski definition) is 1. The predicted molar refractivity (Wildman–Crippen MR) is 118 cm³/mol. The Labute approximate surface area is 176 Å². The molecule has 1 aromatic heterocycles. The van der Waals surface area contributed by atoms with E-state index >= 15 is 0 Å². The fraction of sp³-hybridized carbons (Fsp3) is 0.333. The first-order chi connectivity index (χ1) is 14.3. The van der Waals surface area contributed by atoms with Crippen LogP contribution in [0, 0.1) is 6.92 Å². The van der Waals surface area contributed by atoms with Gasteiger partial charge in [-0.2, -0.15) is 0 Å². The lowest BCUT2D eigenvalue weighted by atomic mass is 9.98. The average Bonchev–Trinajstić information content (AvgIpc) is 3.27. The maximum absolute atomic E-state index is 12.9. The van der Waals surface area contributed by atoms with Gasteiger partial charge in [-0.1, -0.05) is 12.1 Å². The summed E-state index contributed by atoms with van der Waals surface area (Å²) in [5.74, 6) is 1.61. The van der Waals surface area contributed by atoms with E-state index in [1.807, 2.05) is 30.7 Å². The highest BCUT2D eigenvalue weighted by atomic mass is 16.5. The second-order valence-electron chi connectivity index (χ2n) is 7.99. The van der Waals surface area contributed by atoms with Gasteiger partial charge in [-0.3, -0.25) is 4.79 Å². The Morgan fingerprint density at radius 2 is 2.07 bits per heavy atom. The number of aryl methyl sites for hydroxylation is 3. The minimum Gasteiger partial charge on any atom is -0.505 e. The number of phenols is 1. The Balaban J connectivity index is 1.79. The Hall–Kier alpha value is -3.28. The van der Waals surface area contributed by atoms with E-state index < -0.39 is 0 Å². The Bertz CT molecular complexity index is 1190. The molecule has 1 aliphatic carbocycles. The van der Waals surface area contributed by atoms with Gasteiger partial charge in [0.2, 0.25) is 0 Å². The van der Waals surface area contributed by atoms with Crippen LogP contribution in [-0.4, -0.2) is 46.7 Å². The van der Waals surface area contributed by atoms with Gasteiger partial charge in [-0.25, -0.2) is 4.98 Å². The molecular weight excluding hydrogens is 378 g/mol. The molecule has 0 spiro atoms. The maximum atomic E-state index is 12.9. The molecule has 1 N–H and O–H groups in total. The standard InChI is InChI=1S/C24H27N3O3/c1-14-25-22-21(27(14)4)13-20(24(29)26(2)3)19(23(22)28)10-8-15-6-7-16-12-17(30-5)9-11-18(15)16/h8-9,11-13,28H,6-7,10H2,1-5H3. The molecule has 30 heavy (non-hydrogen) atoms. The molecule has 156 valence electrons. The Morgan fingerprint density at radius 1 is 1.30 bits per heavy atom. The number of hydrogen-bond acceptors (Lipinski definition) is 4. The number of aromatic hydroxyl groups is 1. The lowest BCUT2D eigenvalue weighted by Gasteiger charge is -2.16. The van der Waals surface area contributed by atoms with E-state index in [1.54, 1.807) is 21.2 Å². The SMILES string of the molecule is COc1ccc2c(c1)CCC2=CCc1c(C(=O)N(C)C)cc2c(nc(C)n2C)c1O. The van der Waals surface area contributed by atoms with Crippen LogP contribution in [0.4, 0.5) is 0 Å². The van der Waals surface area contributed by atoms with Gasteiger partial charge < -0.3 is 19.3 Å². The summed E-state index contributed by atoms with van der Waals surface area (Å²) in [4.78, 5) is 18.9. The van der Waals surface area contributed by atoms with Gasteiger partial charge in [-0.05, 0) is 61.1 Å². The lowest BCUT2D eigenvalue weighted by molar-refractivity contribution is 0.0826. The van der Waals surface area contributed by atoms with Crippen molar-refractivity contribution in [1.82, 2.24) is 14.5 Å². The molecule has 4 rings (SSSR count). The normalized spacial score (nSPS) is 14.4. The van der Waals surface area contributed by atoms with Gasteiger partial charge in [0.25, 0.3) is 5.91 Å². The third kappa shape index (κ3) is 3.22. The minimum absolute atomic E-state index is 0.0891. The monoisotopic (exact) mass is 405 g/mol. The van der Waals surface area contributed by atoms with Crippen molar-refractivity contribution in [3.05, 3.63) is 58.4 Å². The number of benzene rings is 2. The highest BCUT2D eigenvalue weighted by Crippen LogP contribution is 2.37. The van der Waals surface area contributed by atoms with Gasteiger partial charge in [0, 0.05) is 32.3 Å². The summed E-state index contributed by atoms with van der Waals surface area (Å²) in [6.07, 6.45) is 4.49. The molecule has 1 amide bonds. The summed E-state index contributed by atoms with van der Waals surface area (Å²) in [6.45, 7) is 1.89. The largest absolute Gasteiger partial charge is 0.505 e. The van der Waals surface area contributed by atoms with Crippen LogP contribution in [-0.2, 0) is 19.9 Å². The van der Waals surface area contributed by atoms with E-state index in [1.165, 1.54) is 21.6 Å². The number of fused-ring (bicyclic) bond motifs is 2.